The molecule has 1 aliphatic carbocycles. The van der Waals surface area contributed by atoms with Crippen molar-refractivity contribution < 1.29 is 9.53 Å². The van der Waals surface area contributed by atoms with E-state index in [-0.39, 0.29) is 11.2 Å². The van der Waals surface area contributed by atoms with Gasteiger partial charge in [0.1, 0.15) is 18.2 Å². The van der Waals surface area contributed by atoms with Gasteiger partial charge in [-0.3, -0.25) is 9.80 Å². The summed E-state index contributed by atoms with van der Waals surface area (Å²) in [5.74, 6) is 0.702. The second-order valence-electron chi connectivity index (χ2n) is 10.1. The first-order valence-corrected chi connectivity index (χ1v) is 11.5. The van der Waals surface area contributed by atoms with E-state index in [1.165, 1.54) is 5.56 Å². The first-order valence-electron chi connectivity index (χ1n) is 11.5. The quantitative estimate of drug-likeness (QED) is 0.697. The first-order chi connectivity index (χ1) is 16.1. The molecular formula is C28H32N4O2. The van der Waals surface area contributed by atoms with Crippen LogP contribution in [0.4, 0.5) is 0 Å². The fourth-order valence-electron chi connectivity index (χ4n) is 4.97. The number of benzene rings is 2. The van der Waals surface area contributed by atoms with Gasteiger partial charge >= 0.3 is 0 Å². The molecule has 176 valence electrons. The second-order valence-corrected chi connectivity index (χ2v) is 10.1. The lowest BCUT2D eigenvalue weighted by Gasteiger charge is -2.45. The lowest BCUT2D eigenvalue weighted by Crippen LogP contribution is -2.47. The van der Waals surface area contributed by atoms with Gasteiger partial charge in [0.15, 0.2) is 5.78 Å². The first kappa shape index (κ1) is 23.6. The van der Waals surface area contributed by atoms with Crippen LogP contribution in [-0.2, 0) is 11.4 Å². The molecule has 6 nitrogen and oxygen atoms in total. The summed E-state index contributed by atoms with van der Waals surface area (Å²) in [7, 11) is 3.75. The fourth-order valence-corrected chi connectivity index (χ4v) is 4.97. The number of carbonyl (C=O) groups excluding carboxylic acids is 1. The molecule has 2 aromatic carbocycles. The number of ether oxygens (including phenoxy) is 1. The lowest BCUT2D eigenvalue weighted by molar-refractivity contribution is -0.119. The van der Waals surface area contributed by atoms with E-state index in [0.29, 0.717) is 36.4 Å². The highest BCUT2D eigenvalue weighted by Gasteiger charge is 2.44. The Morgan fingerprint density at radius 1 is 1.15 bits per heavy atom. The van der Waals surface area contributed by atoms with Crippen LogP contribution in [0.1, 0.15) is 49.3 Å². The molecule has 0 aromatic heterocycles. The van der Waals surface area contributed by atoms with E-state index >= 15 is 0 Å². The van der Waals surface area contributed by atoms with Gasteiger partial charge in [-0.05, 0) is 47.6 Å². The Bertz CT molecular complexity index is 1220. The zero-order valence-electron chi connectivity index (χ0n) is 20.6. The molecule has 0 saturated heterocycles. The summed E-state index contributed by atoms with van der Waals surface area (Å²) in [4.78, 5) is 13.4. The summed E-state index contributed by atoms with van der Waals surface area (Å²) in [6.07, 6.45) is 1.15. The predicted molar refractivity (Wildman–Crippen MR) is 132 cm³/mol. The van der Waals surface area contributed by atoms with Crippen molar-refractivity contribution in [1.82, 2.24) is 10.0 Å². The van der Waals surface area contributed by atoms with E-state index in [9.17, 15) is 10.1 Å². The number of allylic oxidation sites excluding steroid dienone is 3. The van der Waals surface area contributed by atoms with Crippen LogP contribution < -0.4 is 10.5 Å². The molecule has 0 spiro atoms. The number of rotatable bonds is 5. The third-order valence-electron chi connectivity index (χ3n) is 6.62. The summed E-state index contributed by atoms with van der Waals surface area (Å²) in [5.41, 5.74) is 11.5. The minimum absolute atomic E-state index is 0.0724. The minimum atomic E-state index is -0.481. The van der Waals surface area contributed by atoms with E-state index in [1.54, 1.807) is 0 Å². The average molecular weight is 457 g/mol. The number of aryl methyl sites for hydroxylation is 1. The van der Waals surface area contributed by atoms with Crippen LogP contribution in [0.5, 0.6) is 5.75 Å². The number of nitriles is 1. The van der Waals surface area contributed by atoms with Crippen molar-refractivity contribution in [2.24, 2.45) is 11.1 Å². The third kappa shape index (κ3) is 4.32. The number of nitrogens with two attached hydrogens (primary N) is 1. The lowest BCUT2D eigenvalue weighted by atomic mass is 9.69. The summed E-state index contributed by atoms with van der Waals surface area (Å²) in [6, 6.07) is 18.1. The standard InChI is InChI=1S/C28H32N4O2/c1-18-8-6-7-9-20(18)17-34-21-12-10-19(11-13-21)25-22(16-29)27(30)32(31(4)5)23-14-28(2,3)15-24(33)26(23)25/h6-13,25H,14-15,17,30H2,1-5H3. The summed E-state index contributed by atoms with van der Waals surface area (Å²) in [6.45, 7) is 6.73. The molecular weight excluding hydrogens is 424 g/mol. The molecule has 0 fully saturated rings. The maximum atomic E-state index is 13.4. The topological polar surface area (TPSA) is 82.6 Å². The molecule has 4 rings (SSSR count). The van der Waals surface area contributed by atoms with E-state index in [1.807, 2.05) is 60.5 Å². The van der Waals surface area contributed by atoms with Gasteiger partial charge < -0.3 is 10.5 Å². The minimum Gasteiger partial charge on any atom is -0.489 e. The zero-order chi connectivity index (χ0) is 24.6. The third-order valence-corrected chi connectivity index (χ3v) is 6.62. The van der Waals surface area contributed by atoms with Crippen LogP contribution >= 0.6 is 0 Å². The SMILES string of the molecule is Cc1ccccc1COc1ccc(C2C(C#N)=C(N)N(N(C)C)C3=C2C(=O)CC(C)(C)C3)cc1. The summed E-state index contributed by atoms with van der Waals surface area (Å²) < 4.78 is 6.00. The number of hydrogen-bond donors (Lipinski definition) is 1. The molecule has 2 aromatic rings. The van der Waals surface area contributed by atoms with E-state index in [0.717, 1.165) is 22.6 Å². The monoisotopic (exact) mass is 456 g/mol. The molecule has 1 atom stereocenters. The van der Waals surface area contributed by atoms with Gasteiger partial charge in [-0.15, -0.1) is 0 Å². The molecule has 6 heteroatoms. The highest BCUT2D eigenvalue weighted by molar-refractivity contribution is 6.00. The van der Waals surface area contributed by atoms with Crippen LogP contribution in [0, 0.1) is 23.7 Å². The number of hydrogen-bond acceptors (Lipinski definition) is 6. The van der Waals surface area contributed by atoms with Gasteiger partial charge in [0, 0.05) is 31.8 Å². The fraction of sp³-hybridized carbons (Fsp3) is 0.357. The normalized spacial score (nSPS) is 19.9. The second kappa shape index (κ2) is 9.00. The highest BCUT2D eigenvalue weighted by Crippen LogP contribution is 2.49. The van der Waals surface area contributed by atoms with E-state index in [4.69, 9.17) is 10.5 Å². The van der Waals surface area contributed by atoms with Crippen molar-refractivity contribution in [1.29, 1.82) is 5.26 Å². The van der Waals surface area contributed by atoms with Crippen LogP contribution in [0.2, 0.25) is 0 Å². The molecule has 34 heavy (non-hydrogen) atoms. The molecule has 2 N–H and O–H groups in total. The molecule has 1 heterocycles. The van der Waals surface area contributed by atoms with Crippen molar-refractivity contribution in [3.8, 4) is 11.8 Å². The smallest absolute Gasteiger partial charge is 0.162 e. The largest absolute Gasteiger partial charge is 0.489 e. The van der Waals surface area contributed by atoms with Gasteiger partial charge in [-0.1, -0.05) is 50.2 Å². The maximum absolute atomic E-state index is 13.4. The van der Waals surface area contributed by atoms with Crippen LogP contribution in [-0.4, -0.2) is 29.9 Å². The van der Waals surface area contributed by atoms with Gasteiger partial charge in [0.05, 0.1) is 17.6 Å². The molecule has 1 aliphatic heterocycles. The number of nitrogens with zero attached hydrogens (tertiary/aromatic N) is 3. The molecule has 0 bridgehead atoms. The van der Waals surface area contributed by atoms with Crippen molar-refractivity contribution in [2.45, 2.75) is 46.1 Å². The highest BCUT2D eigenvalue weighted by atomic mass is 16.5. The summed E-state index contributed by atoms with van der Waals surface area (Å²) in [5, 5.41) is 13.7. The van der Waals surface area contributed by atoms with Crippen molar-refractivity contribution >= 4 is 5.78 Å². The number of ketones is 1. The van der Waals surface area contributed by atoms with Crippen LogP contribution in [0.25, 0.3) is 0 Å². The van der Waals surface area contributed by atoms with E-state index < -0.39 is 5.92 Å². The Morgan fingerprint density at radius 2 is 1.82 bits per heavy atom. The summed E-state index contributed by atoms with van der Waals surface area (Å²) >= 11 is 0. The Kier molecular flexibility index (Phi) is 6.24. The van der Waals surface area contributed by atoms with Crippen molar-refractivity contribution in [2.75, 3.05) is 14.1 Å². The molecule has 1 unspecified atom stereocenters. The Morgan fingerprint density at radius 3 is 2.44 bits per heavy atom. The van der Waals surface area contributed by atoms with E-state index in [2.05, 4.69) is 39.0 Å². The van der Waals surface area contributed by atoms with Gasteiger partial charge in [0.25, 0.3) is 0 Å². The Labute approximate surface area is 201 Å². The van der Waals surface area contributed by atoms with Gasteiger partial charge in [-0.2, -0.15) is 5.26 Å². The van der Waals surface area contributed by atoms with Crippen LogP contribution in [0.15, 0.2) is 71.2 Å². The molecule has 2 aliphatic rings. The van der Waals surface area contributed by atoms with Crippen LogP contribution in [0.3, 0.4) is 0 Å². The predicted octanol–water partition coefficient (Wildman–Crippen LogP) is 4.79. The molecule has 0 radical (unpaired) electrons. The number of carbonyl (C=O) groups is 1. The van der Waals surface area contributed by atoms with Crippen molar-refractivity contribution in [3.63, 3.8) is 0 Å². The average Bonchev–Trinajstić information content (AvgIpc) is 2.77. The zero-order valence-corrected chi connectivity index (χ0v) is 20.6. The van der Waals surface area contributed by atoms with Gasteiger partial charge in [-0.25, -0.2) is 5.01 Å². The van der Waals surface area contributed by atoms with Crippen molar-refractivity contribution in [3.05, 3.63) is 87.9 Å². The number of Topliss-reactive ketones (excluding diaryl/α,β-unsaturated/α-hetero) is 1. The Balaban J connectivity index is 1.70. The molecule has 0 amide bonds. The molecule has 0 saturated carbocycles. The number of hydrazine groups is 1. The Hall–Kier alpha value is -3.56. The van der Waals surface area contributed by atoms with Gasteiger partial charge in [0.2, 0.25) is 0 Å². The maximum Gasteiger partial charge on any atom is 0.162 e.